The maximum atomic E-state index is 11.1. The van der Waals surface area contributed by atoms with Crippen LogP contribution >= 0.6 is 0 Å². The highest BCUT2D eigenvalue weighted by Gasteiger charge is 2.17. The quantitative estimate of drug-likeness (QED) is 0.668. The van der Waals surface area contributed by atoms with Crippen LogP contribution < -0.4 is 10.2 Å². The molecule has 0 spiro atoms. The summed E-state index contributed by atoms with van der Waals surface area (Å²) in [7, 11) is 0. The number of nitro groups is 1. The molecule has 1 fully saturated rings. The normalized spacial score (nSPS) is 16.1. The zero-order valence-electron chi connectivity index (χ0n) is 11.1. The number of aromatic nitrogens is 1. The Balaban J connectivity index is 2.11. The van der Waals surface area contributed by atoms with Crippen molar-refractivity contribution < 1.29 is 4.92 Å². The maximum absolute atomic E-state index is 11.1. The zero-order valence-corrected chi connectivity index (χ0v) is 11.1. The van der Waals surface area contributed by atoms with Crippen molar-refractivity contribution in [2.45, 2.75) is 6.42 Å². The van der Waals surface area contributed by atoms with E-state index in [0.717, 1.165) is 43.8 Å². The van der Waals surface area contributed by atoms with E-state index in [0.29, 0.717) is 5.39 Å². The summed E-state index contributed by atoms with van der Waals surface area (Å²) in [5, 5.41) is 16.0. The molecule has 20 heavy (non-hydrogen) atoms. The van der Waals surface area contributed by atoms with Crippen LogP contribution in [-0.4, -0.2) is 36.1 Å². The van der Waals surface area contributed by atoms with E-state index in [-0.39, 0.29) is 10.6 Å². The van der Waals surface area contributed by atoms with Crippen LogP contribution in [0.3, 0.4) is 0 Å². The zero-order chi connectivity index (χ0) is 13.9. The van der Waals surface area contributed by atoms with E-state index in [1.165, 1.54) is 6.07 Å². The van der Waals surface area contributed by atoms with Gasteiger partial charge < -0.3 is 10.2 Å². The van der Waals surface area contributed by atoms with E-state index in [1.807, 2.05) is 6.07 Å². The number of hydrogen-bond acceptors (Lipinski definition) is 5. The van der Waals surface area contributed by atoms with Crippen molar-refractivity contribution in [3.8, 4) is 0 Å². The minimum atomic E-state index is -0.337. The standard InChI is InChI=1S/C14H16N4O2/c19-18(20)13-4-1-3-12-11(13)5-7-16-14(12)17-9-2-6-15-8-10-17/h1,3-5,7,15H,2,6,8-10H2. The lowest BCUT2D eigenvalue weighted by Gasteiger charge is -2.22. The Morgan fingerprint density at radius 1 is 1.20 bits per heavy atom. The van der Waals surface area contributed by atoms with Crippen molar-refractivity contribution >= 4 is 22.3 Å². The van der Waals surface area contributed by atoms with E-state index in [4.69, 9.17) is 0 Å². The van der Waals surface area contributed by atoms with E-state index in [1.54, 1.807) is 18.3 Å². The fourth-order valence-corrected chi connectivity index (χ4v) is 2.64. The molecule has 0 unspecified atom stereocenters. The van der Waals surface area contributed by atoms with Gasteiger partial charge in [-0.1, -0.05) is 12.1 Å². The summed E-state index contributed by atoms with van der Waals surface area (Å²) in [6.45, 7) is 3.70. The van der Waals surface area contributed by atoms with Crippen LogP contribution in [0, 0.1) is 10.1 Å². The second kappa shape index (κ2) is 5.42. The van der Waals surface area contributed by atoms with Crippen LogP contribution in [-0.2, 0) is 0 Å². The number of nitro benzene ring substituents is 1. The molecular weight excluding hydrogens is 256 g/mol. The lowest BCUT2D eigenvalue weighted by molar-refractivity contribution is -0.383. The molecule has 2 aromatic rings. The van der Waals surface area contributed by atoms with Crippen molar-refractivity contribution in [3.05, 3.63) is 40.6 Å². The molecule has 6 nitrogen and oxygen atoms in total. The molecule has 0 amide bonds. The van der Waals surface area contributed by atoms with Gasteiger partial charge in [-0.3, -0.25) is 10.1 Å². The molecule has 3 rings (SSSR count). The summed E-state index contributed by atoms with van der Waals surface area (Å²) in [4.78, 5) is 17.4. The first-order valence-corrected chi connectivity index (χ1v) is 6.75. The molecule has 0 saturated carbocycles. The number of anilines is 1. The smallest absolute Gasteiger partial charge is 0.277 e. The van der Waals surface area contributed by atoms with Gasteiger partial charge in [-0.05, 0) is 19.0 Å². The van der Waals surface area contributed by atoms with Gasteiger partial charge in [0.2, 0.25) is 0 Å². The Labute approximate surface area is 116 Å². The minimum Gasteiger partial charge on any atom is -0.355 e. The summed E-state index contributed by atoms with van der Waals surface area (Å²) < 4.78 is 0. The van der Waals surface area contributed by atoms with Crippen LogP contribution in [0.2, 0.25) is 0 Å². The van der Waals surface area contributed by atoms with Gasteiger partial charge in [0.05, 0.1) is 10.3 Å². The van der Waals surface area contributed by atoms with Gasteiger partial charge in [-0.2, -0.15) is 0 Å². The number of non-ortho nitro benzene ring substituents is 1. The molecule has 1 aromatic heterocycles. The molecule has 0 radical (unpaired) electrons. The van der Waals surface area contributed by atoms with Crippen molar-refractivity contribution in [1.82, 2.24) is 10.3 Å². The number of fused-ring (bicyclic) bond motifs is 1. The van der Waals surface area contributed by atoms with Gasteiger partial charge in [0.25, 0.3) is 5.69 Å². The van der Waals surface area contributed by atoms with Crippen LogP contribution in [0.25, 0.3) is 10.8 Å². The van der Waals surface area contributed by atoms with Gasteiger partial charge in [0.1, 0.15) is 5.82 Å². The summed E-state index contributed by atoms with van der Waals surface area (Å²) in [6, 6.07) is 6.88. The summed E-state index contributed by atoms with van der Waals surface area (Å²) in [5.74, 6) is 0.843. The molecule has 1 saturated heterocycles. The van der Waals surface area contributed by atoms with E-state index in [9.17, 15) is 10.1 Å². The third kappa shape index (κ3) is 2.30. The van der Waals surface area contributed by atoms with Crippen LogP contribution in [0.5, 0.6) is 0 Å². The number of rotatable bonds is 2. The molecule has 1 aliphatic rings. The second-order valence-electron chi connectivity index (χ2n) is 4.85. The van der Waals surface area contributed by atoms with E-state index < -0.39 is 0 Å². The Kier molecular flexibility index (Phi) is 3.47. The lowest BCUT2D eigenvalue weighted by atomic mass is 10.1. The fourth-order valence-electron chi connectivity index (χ4n) is 2.64. The van der Waals surface area contributed by atoms with E-state index in [2.05, 4.69) is 15.2 Å². The van der Waals surface area contributed by atoms with E-state index >= 15 is 0 Å². The van der Waals surface area contributed by atoms with Gasteiger partial charge in [0, 0.05) is 37.3 Å². The SMILES string of the molecule is O=[N+]([O-])c1cccc2c(N3CCCNCC3)nccc12. The topological polar surface area (TPSA) is 71.3 Å². The second-order valence-corrected chi connectivity index (χ2v) is 4.85. The lowest BCUT2D eigenvalue weighted by Crippen LogP contribution is -2.28. The molecule has 0 atom stereocenters. The third-order valence-corrected chi connectivity index (χ3v) is 3.60. The van der Waals surface area contributed by atoms with Crippen molar-refractivity contribution in [2.75, 3.05) is 31.1 Å². The predicted octanol–water partition coefficient (Wildman–Crippen LogP) is 1.94. The first kappa shape index (κ1) is 12.8. The number of nitrogens with zero attached hydrogens (tertiary/aromatic N) is 3. The average Bonchev–Trinajstić information content (AvgIpc) is 2.74. The van der Waals surface area contributed by atoms with Crippen molar-refractivity contribution in [2.24, 2.45) is 0 Å². The molecule has 2 heterocycles. The molecule has 1 aromatic carbocycles. The van der Waals surface area contributed by atoms with Crippen LogP contribution in [0.1, 0.15) is 6.42 Å². The number of pyridine rings is 1. The summed E-state index contributed by atoms with van der Waals surface area (Å²) >= 11 is 0. The molecule has 6 heteroatoms. The summed E-state index contributed by atoms with van der Waals surface area (Å²) in [5.41, 5.74) is 0.138. The fraction of sp³-hybridized carbons (Fsp3) is 0.357. The first-order valence-electron chi connectivity index (χ1n) is 6.75. The Morgan fingerprint density at radius 2 is 2.10 bits per heavy atom. The molecule has 0 bridgehead atoms. The Hall–Kier alpha value is -2.21. The third-order valence-electron chi connectivity index (χ3n) is 3.60. The van der Waals surface area contributed by atoms with Crippen LogP contribution in [0.4, 0.5) is 11.5 Å². The highest BCUT2D eigenvalue weighted by Crippen LogP contribution is 2.30. The first-order chi connectivity index (χ1) is 9.77. The average molecular weight is 272 g/mol. The van der Waals surface area contributed by atoms with Crippen molar-refractivity contribution in [1.29, 1.82) is 0 Å². The number of benzene rings is 1. The van der Waals surface area contributed by atoms with Gasteiger partial charge in [-0.25, -0.2) is 4.98 Å². The van der Waals surface area contributed by atoms with Crippen molar-refractivity contribution in [3.63, 3.8) is 0 Å². The number of hydrogen-bond donors (Lipinski definition) is 1. The molecule has 1 N–H and O–H groups in total. The molecule has 104 valence electrons. The minimum absolute atomic E-state index is 0.138. The Bertz CT molecular complexity index is 636. The highest BCUT2D eigenvalue weighted by atomic mass is 16.6. The summed E-state index contributed by atoms with van der Waals surface area (Å²) in [6.07, 6.45) is 2.70. The van der Waals surface area contributed by atoms with Gasteiger partial charge in [-0.15, -0.1) is 0 Å². The van der Waals surface area contributed by atoms with Gasteiger partial charge >= 0.3 is 0 Å². The largest absolute Gasteiger partial charge is 0.355 e. The predicted molar refractivity (Wildman–Crippen MR) is 78.1 cm³/mol. The highest BCUT2D eigenvalue weighted by molar-refractivity contribution is 5.97. The van der Waals surface area contributed by atoms with Crippen LogP contribution in [0.15, 0.2) is 30.5 Å². The maximum Gasteiger partial charge on any atom is 0.277 e. The molecule has 1 aliphatic heterocycles. The molecule has 0 aliphatic carbocycles. The molecular formula is C14H16N4O2. The number of nitrogens with one attached hydrogen (secondary N) is 1. The van der Waals surface area contributed by atoms with Gasteiger partial charge in [0.15, 0.2) is 0 Å². The monoisotopic (exact) mass is 272 g/mol. The Morgan fingerprint density at radius 3 is 2.95 bits per heavy atom.